The van der Waals surface area contributed by atoms with Crippen LogP contribution in [0, 0.1) is 31.6 Å². The molecule has 1 aromatic rings. The van der Waals surface area contributed by atoms with Crippen molar-refractivity contribution in [3.05, 3.63) is 23.3 Å². The van der Waals surface area contributed by atoms with Crippen molar-refractivity contribution in [2.24, 2.45) is 5.92 Å². The average molecular weight is 328 g/mol. The van der Waals surface area contributed by atoms with E-state index in [0.717, 1.165) is 30.4 Å². The van der Waals surface area contributed by atoms with Crippen LogP contribution < -0.4 is 9.47 Å². The summed E-state index contributed by atoms with van der Waals surface area (Å²) >= 11 is 0. The fourth-order valence-electron chi connectivity index (χ4n) is 3.18. The molecule has 3 nitrogen and oxygen atoms in total. The number of benzene rings is 1. The van der Waals surface area contributed by atoms with E-state index in [0.29, 0.717) is 23.3 Å². The van der Waals surface area contributed by atoms with Crippen LogP contribution in [0.2, 0.25) is 0 Å². The highest BCUT2D eigenvalue weighted by atomic mass is 16.5. The van der Waals surface area contributed by atoms with E-state index in [2.05, 4.69) is 25.7 Å². The Hall–Kier alpha value is -2.39. The first kappa shape index (κ1) is 21.6. The molecule has 1 saturated carbocycles. The lowest BCUT2D eigenvalue weighted by Gasteiger charge is -2.37. The van der Waals surface area contributed by atoms with Crippen molar-refractivity contribution in [1.29, 1.82) is 0 Å². The van der Waals surface area contributed by atoms with Gasteiger partial charge >= 0.3 is 0 Å². The van der Waals surface area contributed by atoms with Crippen molar-refractivity contribution in [2.45, 2.75) is 52.1 Å². The number of carbonyl (C=O) groups excluding carboxylic acids is 1. The van der Waals surface area contributed by atoms with Gasteiger partial charge in [0.05, 0.1) is 7.11 Å². The molecule has 3 heteroatoms. The Morgan fingerprint density at radius 3 is 2.33 bits per heavy atom. The van der Waals surface area contributed by atoms with Gasteiger partial charge in [-0.2, -0.15) is 0 Å². The minimum absolute atomic E-state index is 0.335. The largest absolute Gasteiger partial charge is 0.493 e. The molecule has 130 valence electrons. The van der Waals surface area contributed by atoms with Gasteiger partial charge < -0.3 is 9.47 Å². The van der Waals surface area contributed by atoms with Crippen LogP contribution in [-0.4, -0.2) is 19.5 Å². The molecular formula is C21H28O3. The molecule has 24 heavy (non-hydrogen) atoms. The summed E-state index contributed by atoms with van der Waals surface area (Å²) in [6.07, 6.45) is 23.1. The standard InChI is InChI=1S/C15H18O3.C2H6.2C2H2/c1-17-14-7-10(9-16)6-12-8-11-4-2-3-5-13(11)18-15(12)14;3*1-2/h6-7,9,11,13H,2-5,8H2,1H3;1-2H3;2*1-2H/t11-,13?;;;/m0.../s1. The Kier molecular flexibility index (Phi) is 10.9. The topological polar surface area (TPSA) is 35.5 Å². The van der Waals surface area contributed by atoms with E-state index in [1.165, 1.54) is 19.3 Å². The van der Waals surface area contributed by atoms with Crippen LogP contribution in [0.3, 0.4) is 0 Å². The van der Waals surface area contributed by atoms with Gasteiger partial charge in [0.25, 0.3) is 0 Å². The van der Waals surface area contributed by atoms with E-state index >= 15 is 0 Å². The molecular weight excluding hydrogens is 300 g/mol. The number of terminal acetylenes is 2. The van der Waals surface area contributed by atoms with Crippen molar-refractivity contribution in [2.75, 3.05) is 7.11 Å². The molecule has 0 spiro atoms. The molecule has 1 aliphatic carbocycles. The van der Waals surface area contributed by atoms with Crippen LogP contribution >= 0.6 is 0 Å². The van der Waals surface area contributed by atoms with Crippen molar-refractivity contribution < 1.29 is 14.3 Å². The van der Waals surface area contributed by atoms with Crippen molar-refractivity contribution in [3.8, 4) is 37.2 Å². The fourth-order valence-corrected chi connectivity index (χ4v) is 3.18. The van der Waals surface area contributed by atoms with Crippen molar-refractivity contribution in [1.82, 2.24) is 0 Å². The fraction of sp³-hybridized carbons (Fsp3) is 0.476. The molecule has 2 atom stereocenters. The molecule has 1 heterocycles. The summed E-state index contributed by atoms with van der Waals surface area (Å²) in [6.45, 7) is 4.00. The van der Waals surface area contributed by atoms with E-state index in [1.807, 2.05) is 19.9 Å². The Morgan fingerprint density at radius 2 is 1.75 bits per heavy atom. The summed E-state index contributed by atoms with van der Waals surface area (Å²) in [4.78, 5) is 10.9. The van der Waals surface area contributed by atoms with Crippen LogP contribution in [0.4, 0.5) is 0 Å². The van der Waals surface area contributed by atoms with Crippen LogP contribution in [0.5, 0.6) is 11.5 Å². The molecule has 0 N–H and O–H groups in total. The minimum Gasteiger partial charge on any atom is -0.493 e. The molecule has 0 saturated heterocycles. The third-order valence-electron chi connectivity index (χ3n) is 4.10. The molecule has 1 aliphatic heterocycles. The van der Waals surface area contributed by atoms with Crippen LogP contribution in [-0.2, 0) is 6.42 Å². The maximum atomic E-state index is 10.9. The second-order valence-electron chi connectivity index (χ2n) is 5.23. The maximum Gasteiger partial charge on any atom is 0.164 e. The highest BCUT2D eigenvalue weighted by Crippen LogP contribution is 2.43. The quantitative estimate of drug-likeness (QED) is 0.591. The van der Waals surface area contributed by atoms with Gasteiger partial charge in [-0.25, -0.2) is 0 Å². The number of hydrogen-bond donors (Lipinski definition) is 0. The second-order valence-corrected chi connectivity index (χ2v) is 5.23. The van der Waals surface area contributed by atoms with Gasteiger partial charge in [0.15, 0.2) is 11.5 Å². The molecule has 0 aromatic heterocycles. The second kappa shape index (κ2) is 12.1. The third kappa shape index (κ3) is 5.07. The van der Waals surface area contributed by atoms with E-state index in [-0.39, 0.29) is 0 Å². The Labute approximate surface area is 146 Å². The van der Waals surface area contributed by atoms with Gasteiger partial charge in [-0.05, 0) is 43.4 Å². The summed E-state index contributed by atoms with van der Waals surface area (Å²) in [6, 6.07) is 3.70. The zero-order valence-corrected chi connectivity index (χ0v) is 15.0. The SMILES string of the molecule is C#C.C#C.CC.COc1cc(C=O)cc2c1OC1CCCC[C@H]1C2. The summed E-state index contributed by atoms with van der Waals surface area (Å²) in [5.41, 5.74) is 1.79. The van der Waals surface area contributed by atoms with Crippen LogP contribution in [0.25, 0.3) is 0 Å². The van der Waals surface area contributed by atoms with Gasteiger partial charge in [-0.3, -0.25) is 4.79 Å². The number of hydrogen-bond acceptors (Lipinski definition) is 3. The van der Waals surface area contributed by atoms with Gasteiger partial charge in [0, 0.05) is 11.5 Å². The normalized spacial score (nSPS) is 19.6. The third-order valence-corrected chi connectivity index (χ3v) is 4.10. The Bertz CT molecular complexity index is 537. The molecule has 0 bridgehead atoms. The molecule has 0 amide bonds. The summed E-state index contributed by atoms with van der Waals surface area (Å²) in [5, 5.41) is 0. The summed E-state index contributed by atoms with van der Waals surface area (Å²) in [7, 11) is 1.63. The zero-order chi connectivity index (χ0) is 18.5. The summed E-state index contributed by atoms with van der Waals surface area (Å²) in [5.74, 6) is 2.16. The maximum absolute atomic E-state index is 10.9. The average Bonchev–Trinajstić information content (AvgIpc) is 2.70. The number of rotatable bonds is 2. The van der Waals surface area contributed by atoms with E-state index < -0.39 is 0 Å². The smallest absolute Gasteiger partial charge is 0.164 e. The van der Waals surface area contributed by atoms with Crippen LogP contribution in [0.1, 0.15) is 55.5 Å². The van der Waals surface area contributed by atoms with E-state index in [4.69, 9.17) is 9.47 Å². The first-order chi connectivity index (χ1) is 11.8. The predicted molar refractivity (Wildman–Crippen MR) is 99.6 cm³/mol. The number of methoxy groups -OCH3 is 1. The lowest BCUT2D eigenvalue weighted by atomic mass is 9.80. The lowest BCUT2D eigenvalue weighted by molar-refractivity contribution is 0.0718. The van der Waals surface area contributed by atoms with E-state index in [9.17, 15) is 4.79 Å². The summed E-state index contributed by atoms with van der Waals surface area (Å²) < 4.78 is 11.5. The minimum atomic E-state index is 0.335. The molecule has 2 aliphatic rings. The first-order valence-corrected chi connectivity index (χ1v) is 8.31. The molecule has 1 aromatic carbocycles. The van der Waals surface area contributed by atoms with Gasteiger partial charge in [0.1, 0.15) is 12.4 Å². The Balaban J connectivity index is 0.000000798. The monoisotopic (exact) mass is 328 g/mol. The molecule has 1 fully saturated rings. The lowest BCUT2D eigenvalue weighted by Crippen LogP contribution is -2.35. The molecule has 0 radical (unpaired) electrons. The van der Waals surface area contributed by atoms with Crippen LogP contribution in [0.15, 0.2) is 12.1 Å². The van der Waals surface area contributed by atoms with Gasteiger partial charge in [0.2, 0.25) is 0 Å². The van der Waals surface area contributed by atoms with Gasteiger partial charge in [-0.15, -0.1) is 25.7 Å². The number of aldehydes is 1. The highest BCUT2D eigenvalue weighted by molar-refractivity contribution is 5.77. The van der Waals surface area contributed by atoms with Gasteiger partial charge in [-0.1, -0.05) is 20.3 Å². The first-order valence-electron chi connectivity index (χ1n) is 8.31. The predicted octanol–water partition coefficient (Wildman–Crippen LogP) is 4.53. The van der Waals surface area contributed by atoms with E-state index in [1.54, 1.807) is 13.2 Å². The number of fused-ring (bicyclic) bond motifs is 2. The number of ether oxygens (including phenoxy) is 2. The van der Waals surface area contributed by atoms with Crippen molar-refractivity contribution in [3.63, 3.8) is 0 Å². The highest BCUT2D eigenvalue weighted by Gasteiger charge is 2.33. The van der Waals surface area contributed by atoms with Crippen molar-refractivity contribution >= 4 is 6.29 Å². The zero-order valence-electron chi connectivity index (χ0n) is 15.0. The Morgan fingerprint density at radius 1 is 1.12 bits per heavy atom. The number of carbonyl (C=O) groups is 1. The molecule has 3 rings (SSSR count). The molecule has 1 unspecified atom stereocenters.